The number of carbonyl (C=O) groups is 1. The second kappa shape index (κ2) is 9.17. The highest BCUT2D eigenvalue weighted by Crippen LogP contribution is 2.21. The van der Waals surface area contributed by atoms with Crippen LogP contribution in [-0.4, -0.2) is 27.9 Å². The number of benzene rings is 1. The minimum absolute atomic E-state index is 0.0858. The lowest BCUT2D eigenvalue weighted by atomic mass is 10.0. The zero-order valence-corrected chi connectivity index (χ0v) is 14.9. The van der Waals surface area contributed by atoms with Crippen molar-refractivity contribution in [2.75, 3.05) is 6.61 Å². The maximum atomic E-state index is 12.5. The van der Waals surface area contributed by atoms with Gasteiger partial charge in [-0.3, -0.25) is 0 Å². The first-order valence-corrected chi connectivity index (χ1v) is 8.54. The van der Waals surface area contributed by atoms with Crippen LogP contribution in [0.5, 0.6) is 0 Å². The third-order valence-electron chi connectivity index (χ3n) is 3.92. The van der Waals surface area contributed by atoms with Crippen LogP contribution >= 0.6 is 0 Å². The van der Waals surface area contributed by atoms with E-state index in [1.807, 2.05) is 44.2 Å². The molecule has 1 heterocycles. The molecule has 136 valence electrons. The molecule has 1 aromatic heterocycles. The Hall–Kier alpha value is -2.41. The molecule has 2 atom stereocenters. The van der Waals surface area contributed by atoms with Crippen molar-refractivity contribution in [3.8, 4) is 0 Å². The second-order valence-corrected chi connectivity index (χ2v) is 6.35. The molecule has 0 radical (unpaired) electrons. The molecule has 2 amide bonds. The van der Waals surface area contributed by atoms with Crippen molar-refractivity contribution in [1.29, 1.82) is 0 Å². The molecule has 2 rings (SSSR count). The number of aromatic nitrogens is 2. The topological polar surface area (TPSA) is 100 Å². The van der Waals surface area contributed by atoms with Gasteiger partial charge < -0.3 is 20.3 Å². The average molecular weight is 346 g/mol. The molecule has 3 N–H and O–H groups in total. The highest BCUT2D eigenvalue weighted by Gasteiger charge is 2.25. The molecule has 0 aliphatic rings. The van der Waals surface area contributed by atoms with Gasteiger partial charge >= 0.3 is 6.03 Å². The summed E-state index contributed by atoms with van der Waals surface area (Å²) in [5.74, 6) is 1.03. The van der Waals surface area contributed by atoms with E-state index in [2.05, 4.69) is 20.8 Å². The van der Waals surface area contributed by atoms with Crippen LogP contribution in [0.15, 0.2) is 34.9 Å². The van der Waals surface area contributed by atoms with Gasteiger partial charge in [-0.2, -0.15) is 4.98 Å². The minimum atomic E-state index is -0.365. The van der Waals surface area contributed by atoms with Crippen LogP contribution in [0, 0.1) is 12.8 Å². The number of hydrogen-bond donors (Lipinski definition) is 3. The van der Waals surface area contributed by atoms with Crippen molar-refractivity contribution in [2.45, 2.75) is 45.7 Å². The summed E-state index contributed by atoms with van der Waals surface area (Å²) in [4.78, 5) is 16.7. The predicted molar refractivity (Wildman–Crippen MR) is 93.8 cm³/mol. The highest BCUT2D eigenvalue weighted by atomic mass is 16.5. The van der Waals surface area contributed by atoms with E-state index in [1.165, 1.54) is 0 Å². The lowest BCUT2D eigenvalue weighted by Crippen LogP contribution is -2.41. The van der Waals surface area contributed by atoms with Gasteiger partial charge in [0.2, 0.25) is 5.89 Å². The lowest BCUT2D eigenvalue weighted by molar-refractivity contribution is 0.218. The summed E-state index contributed by atoms with van der Waals surface area (Å²) in [5, 5.41) is 18.8. The zero-order chi connectivity index (χ0) is 18.2. The van der Waals surface area contributed by atoms with Gasteiger partial charge in [0.25, 0.3) is 0 Å². The van der Waals surface area contributed by atoms with Crippen LogP contribution in [0.3, 0.4) is 0 Å². The van der Waals surface area contributed by atoms with Gasteiger partial charge in [0.1, 0.15) is 6.04 Å². The van der Waals surface area contributed by atoms with E-state index < -0.39 is 0 Å². The van der Waals surface area contributed by atoms with E-state index in [4.69, 9.17) is 9.63 Å². The van der Waals surface area contributed by atoms with Crippen molar-refractivity contribution in [1.82, 2.24) is 20.8 Å². The fourth-order valence-electron chi connectivity index (χ4n) is 2.60. The smallest absolute Gasteiger partial charge is 0.315 e. The number of carbonyl (C=O) groups excluding carboxylic acids is 1. The number of hydrogen-bond acceptors (Lipinski definition) is 5. The summed E-state index contributed by atoms with van der Waals surface area (Å²) in [7, 11) is 0. The number of aliphatic hydroxyl groups is 1. The molecule has 0 saturated carbocycles. The average Bonchev–Trinajstić information content (AvgIpc) is 3.03. The zero-order valence-electron chi connectivity index (χ0n) is 14.9. The maximum Gasteiger partial charge on any atom is 0.315 e. The molecule has 25 heavy (non-hydrogen) atoms. The molecule has 1 aromatic carbocycles. The summed E-state index contributed by atoms with van der Waals surface area (Å²) in [6.07, 6.45) is 1.26. The summed E-state index contributed by atoms with van der Waals surface area (Å²) < 4.78 is 5.21. The van der Waals surface area contributed by atoms with Crippen molar-refractivity contribution in [3.05, 3.63) is 47.6 Å². The number of amides is 2. The molecule has 0 bridgehead atoms. The Balaban J connectivity index is 2.06. The number of aryl methyl sites for hydroxylation is 1. The molecule has 0 aliphatic heterocycles. The van der Waals surface area contributed by atoms with Crippen LogP contribution in [0.2, 0.25) is 0 Å². The van der Waals surface area contributed by atoms with Gasteiger partial charge in [-0.15, -0.1) is 0 Å². The number of aliphatic hydroxyl groups excluding tert-OH is 1. The van der Waals surface area contributed by atoms with E-state index in [9.17, 15) is 4.79 Å². The third-order valence-corrected chi connectivity index (χ3v) is 3.92. The number of rotatable bonds is 8. The summed E-state index contributed by atoms with van der Waals surface area (Å²) in [6, 6.07) is 8.87. The molecular weight excluding hydrogens is 320 g/mol. The molecule has 2 aromatic rings. The molecule has 7 nitrogen and oxygen atoms in total. The lowest BCUT2D eigenvalue weighted by Gasteiger charge is -2.23. The van der Waals surface area contributed by atoms with Crippen LogP contribution < -0.4 is 10.6 Å². The third kappa shape index (κ3) is 5.56. The first-order chi connectivity index (χ1) is 12.0. The second-order valence-electron chi connectivity index (χ2n) is 6.35. The van der Waals surface area contributed by atoms with Crippen molar-refractivity contribution >= 4 is 6.03 Å². The molecule has 0 saturated heterocycles. The first-order valence-electron chi connectivity index (χ1n) is 8.54. The summed E-state index contributed by atoms with van der Waals surface area (Å²) in [6.45, 7) is 5.78. The number of urea groups is 1. The van der Waals surface area contributed by atoms with E-state index in [-0.39, 0.29) is 30.6 Å². The van der Waals surface area contributed by atoms with Crippen molar-refractivity contribution in [3.63, 3.8) is 0 Å². The molecule has 0 aliphatic carbocycles. The highest BCUT2D eigenvalue weighted by molar-refractivity contribution is 5.74. The van der Waals surface area contributed by atoms with E-state index in [0.717, 1.165) is 5.56 Å². The van der Waals surface area contributed by atoms with Crippen LogP contribution in [0.1, 0.15) is 56.1 Å². The fourth-order valence-corrected chi connectivity index (χ4v) is 2.60. The van der Waals surface area contributed by atoms with Crippen LogP contribution in [-0.2, 0) is 0 Å². The minimum Gasteiger partial charge on any atom is -0.396 e. The monoisotopic (exact) mass is 346 g/mol. The van der Waals surface area contributed by atoms with E-state index in [0.29, 0.717) is 24.6 Å². The van der Waals surface area contributed by atoms with Crippen molar-refractivity contribution in [2.24, 2.45) is 5.92 Å². The Bertz CT molecular complexity index is 657. The number of nitrogens with one attached hydrogen (secondary N) is 2. The quantitative estimate of drug-likeness (QED) is 0.682. The summed E-state index contributed by atoms with van der Waals surface area (Å²) in [5.41, 5.74) is 1.00. The predicted octanol–water partition coefficient (Wildman–Crippen LogP) is 2.89. The first kappa shape index (κ1) is 18.9. The fraction of sp³-hybridized carbons (Fsp3) is 0.500. The summed E-state index contributed by atoms with van der Waals surface area (Å²) >= 11 is 0. The Morgan fingerprint density at radius 3 is 2.52 bits per heavy atom. The molecular formula is C18H26N4O3. The molecule has 0 spiro atoms. The number of nitrogens with zero attached hydrogens (tertiary/aromatic N) is 2. The Morgan fingerprint density at radius 1 is 1.24 bits per heavy atom. The van der Waals surface area contributed by atoms with E-state index in [1.54, 1.807) is 6.92 Å². The molecule has 2 unspecified atom stereocenters. The standard InChI is InChI=1S/C18H26N4O3/c1-12(2)16(17-19-13(3)22-25-17)21-18(24)20-15(10-7-11-23)14-8-5-4-6-9-14/h4-6,8-9,12,15-16,23H,7,10-11H2,1-3H3,(H2,20,21,24). The maximum absolute atomic E-state index is 12.5. The van der Waals surface area contributed by atoms with Gasteiger partial charge in [0, 0.05) is 6.61 Å². The SMILES string of the molecule is Cc1noc(C(NC(=O)NC(CCCO)c2ccccc2)C(C)C)n1. The largest absolute Gasteiger partial charge is 0.396 e. The van der Waals surface area contributed by atoms with E-state index >= 15 is 0 Å². The molecule has 7 heteroatoms. The van der Waals surface area contributed by atoms with Gasteiger partial charge in [0.05, 0.1) is 6.04 Å². The van der Waals surface area contributed by atoms with Crippen LogP contribution in [0.25, 0.3) is 0 Å². The van der Waals surface area contributed by atoms with Gasteiger partial charge in [0.15, 0.2) is 5.82 Å². The Kier molecular flexibility index (Phi) is 6.94. The normalized spacial score (nSPS) is 13.5. The Morgan fingerprint density at radius 2 is 1.96 bits per heavy atom. The van der Waals surface area contributed by atoms with Gasteiger partial charge in [-0.25, -0.2) is 4.79 Å². The van der Waals surface area contributed by atoms with Crippen LogP contribution in [0.4, 0.5) is 4.79 Å². The molecule has 0 fully saturated rings. The Labute approximate surface area is 147 Å². The van der Waals surface area contributed by atoms with Crippen molar-refractivity contribution < 1.29 is 14.4 Å². The van der Waals surface area contributed by atoms with Gasteiger partial charge in [-0.1, -0.05) is 49.3 Å². The van der Waals surface area contributed by atoms with Gasteiger partial charge in [-0.05, 0) is 31.2 Å².